The molecule has 1 aliphatic rings. The first kappa shape index (κ1) is 31.5. The molecule has 12 nitrogen and oxygen atoms in total. The Morgan fingerprint density at radius 1 is 1.02 bits per heavy atom. The first-order valence-corrected chi connectivity index (χ1v) is 15.5. The van der Waals surface area contributed by atoms with Crippen LogP contribution in [0.1, 0.15) is 86.4 Å². The lowest BCUT2D eigenvalue weighted by molar-refractivity contribution is -0.123. The van der Waals surface area contributed by atoms with Gasteiger partial charge in [-0.2, -0.15) is 0 Å². The topological polar surface area (TPSA) is 159 Å². The number of pyridine rings is 1. The van der Waals surface area contributed by atoms with E-state index in [-0.39, 0.29) is 36.3 Å². The fraction of sp³-hybridized carbons (Fsp3) is 0.344. The normalized spacial score (nSPS) is 19.7. The summed E-state index contributed by atoms with van der Waals surface area (Å²) in [5, 5.41) is 11.0. The van der Waals surface area contributed by atoms with Crippen molar-refractivity contribution in [3.63, 3.8) is 0 Å². The van der Waals surface area contributed by atoms with Crippen molar-refractivity contribution >= 4 is 35.0 Å². The molecule has 4 bridgehead atoms. The molecule has 0 radical (unpaired) electrons. The average molecular weight is 630 g/mol. The summed E-state index contributed by atoms with van der Waals surface area (Å²) in [6, 6.07) is 11.0. The van der Waals surface area contributed by atoms with E-state index < -0.39 is 41.8 Å². The molecular formula is C32H35N7O5S. The van der Waals surface area contributed by atoms with Crippen LogP contribution in [0.25, 0.3) is 0 Å². The van der Waals surface area contributed by atoms with E-state index in [9.17, 15) is 19.2 Å². The second-order valence-corrected chi connectivity index (χ2v) is 12.2. The van der Waals surface area contributed by atoms with Crippen molar-refractivity contribution in [2.45, 2.75) is 52.2 Å². The molecule has 13 heteroatoms. The van der Waals surface area contributed by atoms with Crippen molar-refractivity contribution in [1.29, 1.82) is 0 Å². The second kappa shape index (κ2) is 13.8. The van der Waals surface area contributed by atoms with Crippen LogP contribution in [0.4, 0.5) is 0 Å². The van der Waals surface area contributed by atoms with Gasteiger partial charge >= 0.3 is 0 Å². The zero-order chi connectivity index (χ0) is 32.1. The molecule has 0 fully saturated rings. The number of amides is 4. The van der Waals surface area contributed by atoms with Crippen LogP contribution in [0.3, 0.4) is 0 Å². The number of nitrogens with one attached hydrogen (secondary N) is 3. The van der Waals surface area contributed by atoms with Crippen molar-refractivity contribution in [3.8, 4) is 0 Å². The maximum Gasteiger partial charge on any atom is 0.274 e. The highest BCUT2D eigenvalue weighted by molar-refractivity contribution is 7.09. The predicted molar refractivity (Wildman–Crippen MR) is 166 cm³/mol. The van der Waals surface area contributed by atoms with Gasteiger partial charge in [-0.15, -0.1) is 11.3 Å². The highest BCUT2D eigenvalue weighted by atomic mass is 32.1. The summed E-state index contributed by atoms with van der Waals surface area (Å²) in [4.78, 5) is 68.4. The van der Waals surface area contributed by atoms with Crippen molar-refractivity contribution in [3.05, 3.63) is 99.4 Å². The molecule has 1 aliphatic heterocycles. The minimum atomic E-state index is -0.673. The van der Waals surface area contributed by atoms with Gasteiger partial charge in [0.05, 0.1) is 18.6 Å². The molecular weight excluding hydrogens is 594 g/mol. The number of hydrogen-bond acceptors (Lipinski definition) is 9. The number of thiazole rings is 1. The summed E-state index contributed by atoms with van der Waals surface area (Å²) >= 11 is 1.25. The molecule has 4 aromatic rings. The number of oxazole rings is 1. The van der Waals surface area contributed by atoms with Crippen LogP contribution in [-0.4, -0.2) is 62.6 Å². The lowest BCUT2D eigenvalue weighted by Crippen LogP contribution is -2.50. The molecule has 0 saturated heterocycles. The largest absolute Gasteiger partial charge is 0.443 e. The van der Waals surface area contributed by atoms with Crippen LogP contribution in [0.15, 0.2) is 64.7 Å². The molecule has 5 rings (SSSR count). The van der Waals surface area contributed by atoms with Gasteiger partial charge in [0.2, 0.25) is 11.8 Å². The molecule has 45 heavy (non-hydrogen) atoms. The minimum absolute atomic E-state index is 0.0350. The van der Waals surface area contributed by atoms with E-state index in [1.807, 2.05) is 44.2 Å². The molecule has 3 aromatic heterocycles. The molecule has 3 atom stereocenters. The van der Waals surface area contributed by atoms with Gasteiger partial charge < -0.3 is 25.3 Å². The van der Waals surface area contributed by atoms with Crippen molar-refractivity contribution in [2.75, 3.05) is 13.1 Å². The standard InChI is InChI=1S/C32H35N7O5S/c1-18(2)26-30-38-27(20(4)44-30)29(42)34-19(3)31-36-24(17-45-31)28(41)35-23(14-21-8-6-5-7-9-21)15-39(16-25(40)37-26)32(43)22-10-12-33-13-11-22/h5-13,17-19,23,26H,14-16H2,1-4H3,(H,34,42)(H,35,41)(H,37,40)/t19-,23-,26+/m1/s1. The number of fused-ring (bicyclic) bond motifs is 4. The van der Waals surface area contributed by atoms with Gasteiger partial charge in [-0.1, -0.05) is 44.2 Å². The Morgan fingerprint density at radius 3 is 2.47 bits per heavy atom. The SMILES string of the molecule is Cc1oc2nc1C(=O)N[C@H](C)c1nc(cs1)C(=O)N[C@H](Cc1ccccc1)CN(C(=O)c1ccncc1)CC(=O)N[C@H]2C(C)C. The average Bonchev–Trinajstić information content (AvgIpc) is 3.67. The smallest absolute Gasteiger partial charge is 0.274 e. The summed E-state index contributed by atoms with van der Waals surface area (Å²) in [5.41, 5.74) is 1.56. The first-order valence-electron chi connectivity index (χ1n) is 14.7. The lowest BCUT2D eigenvalue weighted by Gasteiger charge is -2.29. The molecule has 0 unspecified atom stereocenters. The van der Waals surface area contributed by atoms with Gasteiger partial charge in [0.15, 0.2) is 5.69 Å². The van der Waals surface area contributed by atoms with Gasteiger partial charge in [-0.3, -0.25) is 24.2 Å². The Morgan fingerprint density at radius 2 is 1.76 bits per heavy atom. The zero-order valence-corrected chi connectivity index (χ0v) is 26.3. The lowest BCUT2D eigenvalue weighted by atomic mass is 10.0. The molecule has 0 saturated carbocycles. The fourth-order valence-electron chi connectivity index (χ4n) is 5.07. The van der Waals surface area contributed by atoms with Crippen LogP contribution in [0.2, 0.25) is 0 Å². The zero-order valence-electron chi connectivity index (χ0n) is 25.4. The molecule has 234 valence electrons. The molecule has 4 heterocycles. The van der Waals surface area contributed by atoms with Crippen molar-refractivity contribution in [1.82, 2.24) is 35.8 Å². The van der Waals surface area contributed by atoms with Gasteiger partial charge in [0, 0.05) is 29.9 Å². The summed E-state index contributed by atoms with van der Waals surface area (Å²) in [5.74, 6) is -1.43. The van der Waals surface area contributed by atoms with Crippen LogP contribution < -0.4 is 16.0 Å². The molecule has 0 spiro atoms. The van der Waals surface area contributed by atoms with E-state index in [4.69, 9.17) is 4.42 Å². The van der Waals surface area contributed by atoms with E-state index in [2.05, 4.69) is 30.9 Å². The number of carbonyl (C=O) groups is 4. The van der Waals surface area contributed by atoms with E-state index in [0.29, 0.717) is 22.8 Å². The van der Waals surface area contributed by atoms with Crippen LogP contribution in [0.5, 0.6) is 0 Å². The Bertz CT molecular complexity index is 1670. The Balaban J connectivity index is 1.55. The van der Waals surface area contributed by atoms with Crippen molar-refractivity contribution < 1.29 is 23.6 Å². The summed E-state index contributed by atoms with van der Waals surface area (Å²) in [6.07, 6.45) is 3.41. The summed E-state index contributed by atoms with van der Waals surface area (Å²) in [6.45, 7) is 6.91. The van der Waals surface area contributed by atoms with Crippen LogP contribution in [-0.2, 0) is 11.2 Å². The molecule has 0 aliphatic carbocycles. The maximum atomic E-state index is 13.8. The Labute approximate surface area is 264 Å². The maximum absolute atomic E-state index is 13.8. The van der Waals surface area contributed by atoms with Crippen LogP contribution >= 0.6 is 11.3 Å². The van der Waals surface area contributed by atoms with E-state index in [1.54, 1.807) is 31.4 Å². The third-order valence-corrected chi connectivity index (χ3v) is 8.43. The number of benzene rings is 1. The second-order valence-electron chi connectivity index (χ2n) is 11.3. The van der Waals surface area contributed by atoms with Crippen LogP contribution in [0, 0.1) is 12.8 Å². The first-order chi connectivity index (χ1) is 21.6. The Hall–Kier alpha value is -4.91. The Kier molecular flexibility index (Phi) is 9.67. The van der Waals surface area contributed by atoms with Gasteiger partial charge in [-0.25, -0.2) is 9.97 Å². The third kappa shape index (κ3) is 7.60. The monoisotopic (exact) mass is 629 g/mol. The molecule has 1 aromatic carbocycles. The number of aryl methyl sites for hydroxylation is 1. The summed E-state index contributed by atoms with van der Waals surface area (Å²) in [7, 11) is 0. The minimum Gasteiger partial charge on any atom is -0.443 e. The summed E-state index contributed by atoms with van der Waals surface area (Å²) < 4.78 is 5.89. The highest BCUT2D eigenvalue weighted by Crippen LogP contribution is 2.25. The predicted octanol–water partition coefficient (Wildman–Crippen LogP) is 3.64. The number of aromatic nitrogens is 3. The molecule has 3 N–H and O–H groups in total. The van der Waals surface area contributed by atoms with Crippen molar-refractivity contribution in [2.24, 2.45) is 5.92 Å². The van der Waals surface area contributed by atoms with Gasteiger partial charge in [0.25, 0.3) is 17.7 Å². The highest BCUT2D eigenvalue weighted by Gasteiger charge is 2.31. The third-order valence-electron chi connectivity index (χ3n) is 7.40. The number of hydrogen-bond donors (Lipinski definition) is 3. The number of rotatable bonds is 4. The van der Waals surface area contributed by atoms with E-state index >= 15 is 0 Å². The molecule has 4 amide bonds. The van der Waals surface area contributed by atoms with Gasteiger partial charge in [0.1, 0.15) is 22.5 Å². The van der Waals surface area contributed by atoms with Gasteiger partial charge in [-0.05, 0) is 43.9 Å². The number of nitrogens with zero attached hydrogens (tertiary/aromatic N) is 4. The quantitative estimate of drug-likeness (QED) is 0.309. The fourth-order valence-corrected chi connectivity index (χ4v) is 5.87. The van der Waals surface area contributed by atoms with E-state index in [1.165, 1.54) is 28.6 Å². The van der Waals surface area contributed by atoms with E-state index in [0.717, 1.165) is 5.56 Å². The number of carbonyl (C=O) groups excluding carboxylic acids is 4.